The number of hydrogen-bond acceptors (Lipinski definition) is 7. The fourth-order valence-electron chi connectivity index (χ4n) is 3.92. The minimum absolute atomic E-state index is 0.109. The first-order valence-corrected chi connectivity index (χ1v) is 11.5. The van der Waals surface area contributed by atoms with Gasteiger partial charge in [-0.2, -0.15) is 5.10 Å². The summed E-state index contributed by atoms with van der Waals surface area (Å²) in [6.07, 6.45) is 3.99. The Labute approximate surface area is 180 Å². The zero-order valence-corrected chi connectivity index (χ0v) is 18.4. The van der Waals surface area contributed by atoms with Crippen molar-refractivity contribution in [2.45, 2.75) is 44.2 Å². The first kappa shape index (κ1) is 20.6. The summed E-state index contributed by atoms with van der Waals surface area (Å²) in [5, 5.41) is 16.0. The molecule has 0 radical (unpaired) electrons. The number of amides is 1. The highest BCUT2D eigenvalue weighted by atomic mass is 32.2. The number of carbonyl (C=O) groups is 2. The number of thiazole rings is 1. The van der Waals surface area contributed by atoms with Crippen LogP contribution in [0.3, 0.4) is 0 Å². The smallest absolute Gasteiger partial charge is 0.322 e. The van der Waals surface area contributed by atoms with E-state index in [2.05, 4.69) is 26.1 Å². The molecule has 0 spiro atoms. The van der Waals surface area contributed by atoms with E-state index in [1.165, 1.54) is 27.5 Å². The molecule has 11 heteroatoms. The van der Waals surface area contributed by atoms with Crippen molar-refractivity contribution in [3.63, 3.8) is 0 Å². The molecule has 1 aliphatic carbocycles. The number of aliphatic carboxylic acids is 1. The van der Waals surface area contributed by atoms with Crippen molar-refractivity contribution in [2.75, 3.05) is 12.8 Å². The van der Waals surface area contributed by atoms with Gasteiger partial charge in [-0.15, -0.1) is 23.1 Å². The lowest BCUT2D eigenvalue weighted by atomic mass is 9.97. The number of nitrogens with one attached hydrogen (secondary N) is 1. The fourth-order valence-corrected chi connectivity index (χ4v) is 5.77. The molecule has 0 fully saturated rings. The van der Waals surface area contributed by atoms with E-state index in [4.69, 9.17) is 5.11 Å². The number of hydrogen-bond donors (Lipinski definition) is 2. The van der Waals surface area contributed by atoms with Gasteiger partial charge in [-0.3, -0.25) is 23.5 Å². The highest BCUT2D eigenvalue weighted by molar-refractivity contribution is 7.98. The van der Waals surface area contributed by atoms with Gasteiger partial charge in [-0.1, -0.05) is 0 Å². The quantitative estimate of drug-likeness (QED) is 0.452. The number of nitrogens with zero attached hydrogens (tertiary/aromatic N) is 4. The number of carboxylic acids is 1. The number of aryl methyl sites for hydroxylation is 3. The van der Waals surface area contributed by atoms with Crippen LogP contribution in [0.4, 0.5) is 0 Å². The first-order valence-electron chi connectivity index (χ1n) is 9.44. The molecular formula is C19H21N5O4S2. The Morgan fingerprint density at radius 3 is 2.80 bits per heavy atom. The molecule has 9 nitrogen and oxygen atoms in total. The van der Waals surface area contributed by atoms with Crippen LogP contribution in [0.2, 0.25) is 0 Å². The van der Waals surface area contributed by atoms with Crippen LogP contribution in [-0.4, -0.2) is 48.9 Å². The number of rotatable bonds is 5. The summed E-state index contributed by atoms with van der Waals surface area (Å²) in [5.74, 6) is -1.89. The highest BCUT2D eigenvalue weighted by Crippen LogP contribution is 2.35. The van der Waals surface area contributed by atoms with Crippen LogP contribution < -0.4 is 10.9 Å². The predicted octanol–water partition coefficient (Wildman–Crippen LogP) is 1.84. The maximum atomic E-state index is 13.2. The molecule has 0 aliphatic heterocycles. The minimum Gasteiger partial charge on any atom is -0.480 e. The molecule has 1 aliphatic rings. The molecule has 0 bridgehead atoms. The average molecular weight is 448 g/mol. The van der Waals surface area contributed by atoms with Gasteiger partial charge in [0.15, 0.2) is 4.96 Å². The van der Waals surface area contributed by atoms with Crippen molar-refractivity contribution in [1.82, 2.24) is 24.5 Å². The Hall–Kier alpha value is -2.66. The summed E-state index contributed by atoms with van der Waals surface area (Å²) in [6, 6.07) is 2.27. The third kappa shape index (κ3) is 3.52. The largest absolute Gasteiger partial charge is 0.480 e. The SMILES string of the molecule is CSc1nc2sc3c(n2c(=O)c1C(=O)NCC(=O)O)CCC(n1nc(C)cc1C)C3. The van der Waals surface area contributed by atoms with Crippen LogP contribution in [0.1, 0.15) is 44.8 Å². The Bertz CT molecular complexity index is 1230. The third-order valence-electron chi connectivity index (χ3n) is 5.17. The van der Waals surface area contributed by atoms with Gasteiger partial charge in [0.05, 0.1) is 11.7 Å². The second kappa shape index (κ2) is 7.88. The van der Waals surface area contributed by atoms with E-state index < -0.39 is 24.0 Å². The second-order valence-electron chi connectivity index (χ2n) is 7.24. The lowest BCUT2D eigenvalue weighted by Crippen LogP contribution is -2.36. The molecule has 3 heterocycles. The van der Waals surface area contributed by atoms with E-state index in [9.17, 15) is 14.4 Å². The molecule has 1 atom stereocenters. The molecule has 4 rings (SSSR count). The van der Waals surface area contributed by atoms with E-state index in [0.29, 0.717) is 16.4 Å². The fraction of sp³-hybridized carbons (Fsp3) is 0.421. The minimum atomic E-state index is -1.17. The van der Waals surface area contributed by atoms with Crippen LogP contribution in [-0.2, 0) is 17.6 Å². The Morgan fingerprint density at radius 1 is 1.40 bits per heavy atom. The normalized spacial score (nSPS) is 15.9. The number of carboxylic acid groups (broad SMARTS) is 1. The van der Waals surface area contributed by atoms with Gasteiger partial charge in [0.1, 0.15) is 17.1 Å². The van der Waals surface area contributed by atoms with Crippen molar-refractivity contribution in [3.8, 4) is 0 Å². The molecule has 1 amide bonds. The van der Waals surface area contributed by atoms with Crippen LogP contribution in [0, 0.1) is 13.8 Å². The monoisotopic (exact) mass is 447 g/mol. The Kier molecular flexibility index (Phi) is 5.41. The van der Waals surface area contributed by atoms with Crippen LogP contribution >= 0.6 is 23.1 Å². The standard InChI is InChI=1S/C19H21N5O4S2/c1-9-6-10(2)24(22-9)11-4-5-12-13(7-11)30-19-21-17(29-3)15(18(28)23(12)19)16(27)20-8-14(25)26/h6,11H,4-5,7-8H2,1-3H3,(H,20,27)(H,25,26). The maximum Gasteiger partial charge on any atom is 0.322 e. The van der Waals surface area contributed by atoms with E-state index >= 15 is 0 Å². The summed E-state index contributed by atoms with van der Waals surface area (Å²) >= 11 is 2.66. The van der Waals surface area contributed by atoms with Crippen molar-refractivity contribution in [2.24, 2.45) is 0 Å². The van der Waals surface area contributed by atoms with Gasteiger partial charge in [-0.05, 0) is 39.0 Å². The van der Waals surface area contributed by atoms with Gasteiger partial charge >= 0.3 is 5.97 Å². The molecule has 0 aromatic carbocycles. The van der Waals surface area contributed by atoms with Gasteiger partial charge in [0.2, 0.25) is 0 Å². The molecule has 0 saturated carbocycles. The van der Waals surface area contributed by atoms with Crippen molar-refractivity contribution in [1.29, 1.82) is 0 Å². The Balaban J connectivity index is 1.76. The summed E-state index contributed by atoms with van der Waals surface area (Å²) in [4.78, 5) is 42.7. The zero-order valence-electron chi connectivity index (χ0n) is 16.8. The Morgan fingerprint density at radius 2 is 2.17 bits per heavy atom. The maximum absolute atomic E-state index is 13.2. The summed E-state index contributed by atoms with van der Waals surface area (Å²) in [5.41, 5.74) is 2.41. The second-order valence-corrected chi connectivity index (χ2v) is 9.09. The van der Waals surface area contributed by atoms with Crippen molar-refractivity contribution >= 4 is 39.9 Å². The molecular weight excluding hydrogens is 426 g/mol. The van der Waals surface area contributed by atoms with Gasteiger partial charge in [-0.25, -0.2) is 4.98 Å². The van der Waals surface area contributed by atoms with Crippen LogP contribution in [0.5, 0.6) is 0 Å². The molecule has 30 heavy (non-hydrogen) atoms. The predicted molar refractivity (Wildman–Crippen MR) is 114 cm³/mol. The van der Waals surface area contributed by atoms with Crippen LogP contribution in [0.25, 0.3) is 4.96 Å². The lowest BCUT2D eigenvalue weighted by Gasteiger charge is -2.23. The molecule has 0 saturated heterocycles. The summed E-state index contributed by atoms with van der Waals surface area (Å²) in [6.45, 7) is 3.46. The van der Waals surface area contributed by atoms with Crippen molar-refractivity contribution in [3.05, 3.63) is 43.9 Å². The van der Waals surface area contributed by atoms with E-state index in [1.54, 1.807) is 6.26 Å². The number of fused-ring (bicyclic) bond motifs is 3. The lowest BCUT2D eigenvalue weighted by molar-refractivity contribution is -0.135. The first-order chi connectivity index (χ1) is 14.3. The average Bonchev–Trinajstić information content (AvgIpc) is 3.23. The van der Waals surface area contributed by atoms with E-state index in [0.717, 1.165) is 34.8 Å². The van der Waals surface area contributed by atoms with Crippen LogP contribution in [0.15, 0.2) is 15.9 Å². The van der Waals surface area contributed by atoms with Gasteiger partial charge in [0, 0.05) is 22.7 Å². The van der Waals surface area contributed by atoms with E-state index in [-0.39, 0.29) is 11.6 Å². The third-order valence-corrected chi connectivity index (χ3v) is 6.96. The van der Waals surface area contributed by atoms with Gasteiger partial charge < -0.3 is 10.4 Å². The number of aromatic nitrogens is 4. The molecule has 158 valence electrons. The van der Waals surface area contributed by atoms with E-state index in [1.807, 2.05) is 13.8 Å². The summed E-state index contributed by atoms with van der Waals surface area (Å²) < 4.78 is 3.57. The molecule has 2 N–H and O–H groups in total. The topological polar surface area (TPSA) is 119 Å². The zero-order chi connectivity index (χ0) is 21.6. The molecule has 1 unspecified atom stereocenters. The van der Waals surface area contributed by atoms with Gasteiger partial charge in [0.25, 0.3) is 11.5 Å². The molecule has 3 aromatic heterocycles. The summed E-state index contributed by atoms with van der Waals surface area (Å²) in [7, 11) is 0. The highest BCUT2D eigenvalue weighted by Gasteiger charge is 2.29. The molecule has 3 aromatic rings. The number of thioether (sulfide) groups is 1. The van der Waals surface area contributed by atoms with Crippen molar-refractivity contribution < 1.29 is 14.7 Å². The number of carbonyl (C=O) groups excluding carboxylic acids is 1.